The van der Waals surface area contributed by atoms with Gasteiger partial charge in [0.25, 0.3) is 0 Å². The molecule has 0 aliphatic heterocycles. The molecule has 2 rings (SSSR count). The molecule has 1 atom stereocenters. The van der Waals surface area contributed by atoms with Gasteiger partial charge in [-0.25, -0.2) is 13.2 Å². The molecule has 0 fully saturated rings. The van der Waals surface area contributed by atoms with Crippen LogP contribution in [0.3, 0.4) is 0 Å². The standard InChI is InChI=1S/C12H9BrF3NS/c1-17-11(12-7(13)4-5-18-12)6-2-3-8(14)10(16)9(6)15/h2-5,11,17H,1H3. The smallest absolute Gasteiger partial charge is 0.194 e. The lowest BCUT2D eigenvalue weighted by Gasteiger charge is -2.17. The Balaban J connectivity index is 2.53. The molecule has 0 saturated heterocycles. The highest BCUT2D eigenvalue weighted by Crippen LogP contribution is 2.34. The van der Waals surface area contributed by atoms with E-state index in [9.17, 15) is 13.2 Å². The van der Waals surface area contributed by atoms with Crippen LogP contribution in [0.4, 0.5) is 13.2 Å². The molecule has 18 heavy (non-hydrogen) atoms. The van der Waals surface area contributed by atoms with Gasteiger partial charge in [0.15, 0.2) is 17.5 Å². The minimum absolute atomic E-state index is 0.0829. The van der Waals surface area contributed by atoms with E-state index in [-0.39, 0.29) is 5.56 Å². The van der Waals surface area contributed by atoms with Crippen molar-refractivity contribution in [1.29, 1.82) is 0 Å². The highest BCUT2D eigenvalue weighted by Gasteiger charge is 2.23. The molecule has 0 aliphatic carbocycles. The first kappa shape index (κ1) is 13.6. The van der Waals surface area contributed by atoms with E-state index >= 15 is 0 Å². The number of halogens is 4. The van der Waals surface area contributed by atoms with Crippen molar-refractivity contribution in [3.05, 3.63) is 55.9 Å². The van der Waals surface area contributed by atoms with Gasteiger partial charge < -0.3 is 5.32 Å². The summed E-state index contributed by atoms with van der Waals surface area (Å²) in [5.41, 5.74) is 0.0829. The molecule has 1 nitrogen and oxygen atoms in total. The number of hydrogen-bond acceptors (Lipinski definition) is 2. The van der Waals surface area contributed by atoms with Crippen molar-refractivity contribution >= 4 is 27.3 Å². The van der Waals surface area contributed by atoms with Gasteiger partial charge in [-0.2, -0.15) is 0 Å². The van der Waals surface area contributed by atoms with Gasteiger partial charge in [-0.3, -0.25) is 0 Å². The van der Waals surface area contributed by atoms with Gasteiger partial charge in [0.05, 0.1) is 6.04 Å². The Labute approximate surface area is 115 Å². The van der Waals surface area contributed by atoms with E-state index in [1.807, 2.05) is 11.4 Å². The SMILES string of the molecule is CNC(c1ccc(F)c(F)c1F)c1sccc1Br. The largest absolute Gasteiger partial charge is 0.309 e. The third kappa shape index (κ3) is 2.32. The molecule has 6 heteroatoms. The number of thiophene rings is 1. The van der Waals surface area contributed by atoms with E-state index in [1.165, 1.54) is 17.4 Å². The molecule has 96 valence electrons. The lowest BCUT2D eigenvalue weighted by molar-refractivity contribution is 0.435. The summed E-state index contributed by atoms with van der Waals surface area (Å²) in [6, 6.07) is 3.48. The maximum absolute atomic E-state index is 13.8. The van der Waals surface area contributed by atoms with Gasteiger partial charge >= 0.3 is 0 Å². The summed E-state index contributed by atoms with van der Waals surface area (Å²) < 4.78 is 40.7. The predicted octanol–water partition coefficient (Wildman–Crippen LogP) is 4.24. The van der Waals surface area contributed by atoms with Crippen LogP contribution in [0.25, 0.3) is 0 Å². The van der Waals surface area contributed by atoms with Crippen LogP contribution in [-0.2, 0) is 0 Å². The zero-order valence-corrected chi connectivity index (χ0v) is 11.7. The van der Waals surface area contributed by atoms with E-state index < -0.39 is 23.5 Å². The van der Waals surface area contributed by atoms with Crippen LogP contribution in [0.5, 0.6) is 0 Å². The van der Waals surface area contributed by atoms with E-state index in [1.54, 1.807) is 7.05 Å². The first-order chi connectivity index (χ1) is 8.56. The molecule has 1 unspecified atom stereocenters. The lowest BCUT2D eigenvalue weighted by Crippen LogP contribution is -2.19. The second-order valence-corrected chi connectivity index (χ2v) is 5.42. The van der Waals surface area contributed by atoms with Gasteiger partial charge in [0, 0.05) is 14.9 Å². The second-order valence-electron chi connectivity index (χ2n) is 3.62. The molecular weight excluding hydrogens is 327 g/mol. The average molecular weight is 336 g/mol. The molecule has 1 N–H and O–H groups in total. The van der Waals surface area contributed by atoms with Crippen LogP contribution in [-0.4, -0.2) is 7.05 Å². The lowest BCUT2D eigenvalue weighted by atomic mass is 10.0. The van der Waals surface area contributed by atoms with E-state index in [0.717, 1.165) is 15.4 Å². The third-order valence-electron chi connectivity index (χ3n) is 2.57. The molecule has 0 radical (unpaired) electrons. The first-order valence-electron chi connectivity index (χ1n) is 5.09. The Morgan fingerprint density at radius 2 is 1.89 bits per heavy atom. The van der Waals surface area contributed by atoms with Crippen LogP contribution >= 0.6 is 27.3 Å². The fraction of sp³-hybridized carbons (Fsp3) is 0.167. The fourth-order valence-electron chi connectivity index (χ4n) is 1.70. The molecular formula is C12H9BrF3NS. The maximum Gasteiger partial charge on any atom is 0.194 e. The Morgan fingerprint density at radius 3 is 2.44 bits per heavy atom. The third-order valence-corrected chi connectivity index (χ3v) is 4.51. The van der Waals surface area contributed by atoms with Gasteiger partial charge in [-0.15, -0.1) is 11.3 Å². The monoisotopic (exact) mass is 335 g/mol. The van der Waals surface area contributed by atoms with Crippen LogP contribution in [0, 0.1) is 17.5 Å². The summed E-state index contributed by atoms with van der Waals surface area (Å²) in [6.07, 6.45) is 0. The van der Waals surface area contributed by atoms with E-state index in [4.69, 9.17) is 0 Å². The average Bonchev–Trinajstić information content (AvgIpc) is 2.77. The second kappa shape index (κ2) is 5.42. The van der Waals surface area contributed by atoms with E-state index in [2.05, 4.69) is 21.2 Å². The van der Waals surface area contributed by atoms with Crippen LogP contribution in [0.2, 0.25) is 0 Å². The van der Waals surface area contributed by atoms with Crippen molar-refractivity contribution in [2.75, 3.05) is 7.05 Å². The molecule has 0 amide bonds. The van der Waals surface area contributed by atoms with E-state index in [0.29, 0.717) is 0 Å². The van der Waals surface area contributed by atoms with Crippen LogP contribution in [0.1, 0.15) is 16.5 Å². The zero-order chi connectivity index (χ0) is 13.3. The van der Waals surface area contributed by atoms with Crippen molar-refractivity contribution in [1.82, 2.24) is 5.32 Å². The fourth-order valence-corrected chi connectivity index (χ4v) is 3.43. The highest BCUT2D eigenvalue weighted by molar-refractivity contribution is 9.10. The summed E-state index contributed by atoms with van der Waals surface area (Å²) in [5, 5.41) is 4.74. The van der Waals surface area contributed by atoms with Gasteiger partial charge in [-0.05, 0) is 40.5 Å². The van der Waals surface area contributed by atoms with Gasteiger partial charge in [0.1, 0.15) is 0 Å². The Kier molecular flexibility index (Phi) is 4.09. The Hall–Kier alpha value is -0.850. The minimum atomic E-state index is -1.44. The molecule has 1 aromatic carbocycles. The van der Waals surface area contributed by atoms with Gasteiger partial charge in [0.2, 0.25) is 0 Å². The number of nitrogens with one attached hydrogen (secondary N) is 1. The summed E-state index contributed by atoms with van der Waals surface area (Å²) in [6.45, 7) is 0. The number of rotatable bonds is 3. The number of benzene rings is 1. The molecule has 0 bridgehead atoms. The molecule has 1 aromatic heterocycles. The topological polar surface area (TPSA) is 12.0 Å². The maximum atomic E-state index is 13.8. The summed E-state index contributed by atoms with van der Waals surface area (Å²) in [7, 11) is 1.64. The Bertz CT molecular complexity index is 570. The molecule has 0 saturated carbocycles. The highest BCUT2D eigenvalue weighted by atomic mass is 79.9. The van der Waals surface area contributed by atoms with Crippen molar-refractivity contribution < 1.29 is 13.2 Å². The molecule has 0 spiro atoms. The van der Waals surface area contributed by atoms with Crippen LogP contribution in [0.15, 0.2) is 28.1 Å². The molecule has 2 aromatic rings. The summed E-state index contributed by atoms with van der Waals surface area (Å²) >= 11 is 4.75. The summed E-state index contributed by atoms with van der Waals surface area (Å²) in [4.78, 5) is 0.808. The number of hydrogen-bond donors (Lipinski definition) is 1. The normalized spacial score (nSPS) is 12.7. The first-order valence-corrected chi connectivity index (χ1v) is 6.77. The van der Waals surface area contributed by atoms with Crippen molar-refractivity contribution in [3.63, 3.8) is 0 Å². The van der Waals surface area contributed by atoms with Gasteiger partial charge in [-0.1, -0.05) is 6.07 Å². The zero-order valence-electron chi connectivity index (χ0n) is 9.31. The minimum Gasteiger partial charge on any atom is -0.309 e. The molecule has 1 heterocycles. The van der Waals surface area contributed by atoms with Crippen molar-refractivity contribution in [2.45, 2.75) is 6.04 Å². The predicted molar refractivity (Wildman–Crippen MR) is 69.2 cm³/mol. The molecule has 0 aliphatic rings. The van der Waals surface area contributed by atoms with Crippen molar-refractivity contribution in [3.8, 4) is 0 Å². The quantitative estimate of drug-likeness (QED) is 0.827. The van der Waals surface area contributed by atoms with Crippen LogP contribution < -0.4 is 5.32 Å². The van der Waals surface area contributed by atoms with Crippen molar-refractivity contribution in [2.24, 2.45) is 0 Å². The summed E-state index contributed by atoms with van der Waals surface area (Å²) in [5.74, 6) is -3.79. The Morgan fingerprint density at radius 1 is 1.17 bits per heavy atom.